The molecule has 1 aliphatic heterocycles. The molecule has 1 fully saturated rings. The third-order valence-corrected chi connectivity index (χ3v) is 5.31. The fraction of sp³-hybridized carbons (Fsp3) is 0.333. The zero-order valence-corrected chi connectivity index (χ0v) is 18.0. The second-order valence-corrected chi connectivity index (χ2v) is 7.60. The minimum absolute atomic E-state index is 0.177. The van der Waals surface area contributed by atoms with Crippen LogP contribution in [0.15, 0.2) is 53.1 Å². The Morgan fingerprint density at radius 3 is 2.47 bits per heavy atom. The highest BCUT2D eigenvalue weighted by atomic mass is 16.5. The third kappa shape index (κ3) is 5.32. The molecule has 1 saturated heterocycles. The maximum atomic E-state index is 12.2. The molecule has 8 heteroatoms. The van der Waals surface area contributed by atoms with Gasteiger partial charge in [0.2, 0.25) is 17.6 Å². The van der Waals surface area contributed by atoms with Crippen LogP contribution in [0.1, 0.15) is 42.4 Å². The van der Waals surface area contributed by atoms with Gasteiger partial charge in [0, 0.05) is 42.9 Å². The average molecular weight is 434 g/mol. The van der Waals surface area contributed by atoms with Crippen LogP contribution in [0.2, 0.25) is 0 Å². The number of aromatic nitrogens is 2. The molecule has 2 aromatic carbocycles. The topological polar surface area (TPSA) is 97.6 Å². The second kappa shape index (κ2) is 10.1. The lowest BCUT2D eigenvalue weighted by atomic mass is 10.2. The number of carbonyl (C=O) groups is 2. The predicted molar refractivity (Wildman–Crippen MR) is 121 cm³/mol. The molecule has 0 aliphatic carbocycles. The molecular weight excluding hydrogens is 408 g/mol. The number of anilines is 2. The molecule has 0 saturated carbocycles. The molecule has 0 atom stereocenters. The predicted octanol–water partition coefficient (Wildman–Crippen LogP) is 4.08. The Bertz CT molecular complexity index is 1050. The van der Waals surface area contributed by atoms with Crippen molar-refractivity contribution >= 4 is 23.3 Å². The van der Waals surface area contributed by atoms with Crippen LogP contribution in [0.4, 0.5) is 11.4 Å². The van der Waals surface area contributed by atoms with E-state index in [9.17, 15) is 9.59 Å². The first-order valence-corrected chi connectivity index (χ1v) is 10.9. The first-order chi connectivity index (χ1) is 15.6. The Morgan fingerprint density at radius 2 is 1.78 bits per heavy atom. The van der Waals surface area contributed by atoms with E-state index < -0.39 is 0 Å². The van der Waals surface area contributed by atoms with Gasteiger partial charge in [0.1, 0.15) is 0 Å². The number of benzene rings is 2. The SMILES string of the molecule is CCOC(=O)c1ccc(NC(=O)CCc2nc(-c3ccc(N4CCCC4)cc3)no2)cc1. The molecule has 1 aliphatic rings. The van der Waals surface area contributed by atoms with Gasteiger partial charge in [0.15, 0.2) is 0 Å². The van der Waals surface area contributed by atoms with E-state index in [2.05, 4.69) is 32.5 Å². The van der Waals surface area contributed by atoms with Crippen LogP contribution >= 0.6 is 0 Å². The molecule has 1 amide bonds. The van der Waals surface area contributed by atoms with Crippen LogP contribution in [0.5, 0.6) is 0 Å². The Morgan fingerprint density at radius 1 is 1.06 bits per heavy atom. The summed E-state index contributed by atoms with van der Waals surface area (Å²) in [5.74, 6) is 0.367. The average Bonchev–Trinajstić information content (AvgIpc) is 3.51. The summed E-state index contributed by atoms with van der Waals surface area (Å²) in [5, 5.41) is 6.84. The third-order valence-electron chi connectivity index (χ3n) is 5.31. The zero-order valence-electron chi connectivity index (χ0n) is 18.0. The zero-order chi connectivity index (χ0) is 22.3. The normalized spacial score (nSPS) is 13.2. The van der Waals surface area contributed by atoms with Crippen molar-refractivity contribution in [1.82, 2.24) is 10.1 Å². The second-order valence-electron chi connectivity index (χ2n) is 7.60. The molecule has 166 valence electrons. The lowest BCUT2D eigenvalue weighted by Crippen LogP contribution is -2.17. The summed E-state index contributed by atoms with van der Waals surface area (Å²) in [6.07, 6.45) is 3.02. The van der Waals surface area contributed by atoms with Crippen LogP contribution in [0.25, 0.3) is 11.4 Å². The molecule has 0 bridgehead atoms. The number of nitrogens with zero attached hydrogens (tertiary/aromatic N) is 3. The molecule has 32 heavy (non-hydrogen) atoms. The lowest BCUT2D eigenvalue weighted by Gasteiger charge is -2.17. The van der Waals surface area contributed by atoms with Crippen molar-refractivity contribution in [3.63, 3.8) is 0 Å². The van der Waals surface area contributed by atoms with E-state index in [1.54, 1.807) is 31.2 Å². The molecule has 1 N–H and O–H groups in total. The number of hydrogen-bond acceptors (Lipinski definition) is 7. The molecule has 4 rings (SSSR count). The Kier molecular flexibility index (Phi) is 6.79. The van der Waals surface area contributed by atoms with Gasteiger partial charge in [0.25, 0.3) is 0 Å². The van der Waals surface area contributed by atoms with Crippen LogP contribution < -0.4 is 10.2 Å². The van der Waals surface area contributed by atoms with Gasteiger partial charge in [-0.2, -0.15) is 4.98 Å². The minimum Gasteiger partial charge on any atom is -0.462 e. The molecular formula is C24H26N4O4. The molecule has 0 unspecified atom stereocenters. The van der Waals surface area contributed by atoms with Gasteiger partial charge in [-0.05, 0) is 68.3 Å². The van der Waals surface area contributed by atoms with E-state index in [-0.39, 0.29) is 18.3 Å². The van der Waals surface area contributed by atoms with E-state index >= 15 is 0 Å². The van der Waals surface area contributed by atoms with Gasteiger partial charge >= 0.3 is 5.97 Å². The van der Waals surface area contributed by atoms with Crippen molar-refractivity contribution in [3.8, 4) is 11.4 Å². The highest BCUT2D eigenvalue weighted by molar-refractivity contribution is 5.93. The Hall–Kier alpha value is -3.68. The van der Waals surface area contributed by atoms with E-state index in [1.807, 2.05) is 12.1 Å². The van der Waals surface area contributed by atoms with E-state index in [1.165, 1.54) is 18.5 Å². The first-order valence-electron chi connectivity index (χ1n) is 10.9. The number of carbonyl (C=O) groups excluding carboxylic acids is 2. The molecule has 2 heterocycles. The summed E-state index contributed by atoms with van der Waals surface area (Å²) in [6.45, 7) is 4.27. The highest BCUT2D eigenvalue weighted by Crippen LogP contribution is 2.24. The maximum absolute atomic E-state index is 12.2. The minimum atomic E-state index is -0.386. The lowest BCUT2D eigenvalue weighted by molar-refractivity contribution is -0.116. The van der Waals surface area contributed by atoms with E-state index in [0.717, 1.165) is 18.7 Å². The van der Waals surface area contributed by atoms with E-state index in [4.69, 9.17) is 9.26 Å². The van der Waals surface area contributed by atoms with Gasteiger partial charge < -0.3 is 19.5 Å². The van der Waals surface area contributed by atoms with Crippen molar-refractivity contribution in [2.75, 3.05) is 29.9 Å². The number of hydrogen-bond donors (Lipinski definition) is 1. The van der Waals surface area contributed by atoms with Crippen molar-refractivity contribution in [2.24, 2.45) is 0 Å². The quantitative estimate of drug-likeness (QED) is 0.533. The number of nitrogens with one attached hydrogen (secondary N) is 1. The Labute approximate surface area is 186 Å². The highest BCUT2D eigenvalue weighted by Gasteiger charge is 2.14. The number of amides is 1. The number of rotatable bonds is 8. The van der Waals surface area contributed by atoms with Gasteiger partial charge in [0.05, 0.1) is 12.2 Å². The van der Waals surface area contributed by atoms with Crippen molar-refractivity contribution < 1.29 is 18.8 Å². The summed E-state index contributed by atoms with van der Waals surface area (Å²) in [7, 11) is 0. The summed E-state index contributed by atoms with van der Waals surface area (Å²) < 4.78 is 10.3. The molecule has 0 radical (unpaired) electrons. The van der Waals surface area contributed by atoms with Crippen molar-refractivity contribution in [3.05, 3.63) is 60.0 Å². The van der Waals surface area contributed by atoms with Crippen LogP contribution in [-0.2, 0) is 16.0 Å². The number of esters is 1. The molecule has 3 aromatic rings. The standard InChI is InChI=1S/C24H26N4O4/c1-2-31-24(30)18-5-9-19(10-6-18)25-21(29)13-14-22-26-23(27-32-22)17-7-11-20(12-8-17)28-15-3-4-16-28/h5-12H,2-4,13-16H2,1H3,(H,25,29). The summed E-state index contributed by atoms with van der Waals surface area (Å²) in [4.78, 5) is 30.7. The van der Waals surface area contributed by atoms with Crippen LogP contribution in [0.3, 0.4) is 0 Å². The summed E-state index contributed by atoms with van der Waals surface area (Å²) >= 11 is 0. The van der Waals surface area contributed by atoms with Crippen LogP contribution in [0, 0.1) is 0 Å². The summed E-state index contributed by atoms with van der Waals surface area (Å²) in [5.41, 5.74) is 3.14. The molecule has 0 spiro atoms. The van der Waals surface area contributed by atoms with Crippen molar-refractivity contribution in [1.29, 1.82) is 0 Å². The van der Waals surface area contributed by atoms with Crippen molar-refractivity contribution in [2.45, 2.75) is 32.6 Å². The van der Waals surface area contributed by atoms with Gasteiger partial charge in [-0.15, -0.1) is 0 Å². The maximum Gasteiger partial charge on any atom is 0.338 e. The molecule has 1 aromatic heterocycles. The summed E-state index contributed by atoms with van der Waals surface area (Å²) in [6, 6.07) is 14.7. The number of ether oxygens (including phenoxy) is 1. The van der Waals surface area contributed by atoms with Gasteiger partial charge in [-0.25, -0.2) is 4.79 Å². The number of aryl methyl sites for hydroxylation is 1. The van der Waals surface area contributed by atoms with E-state index in [0.29, 0.717) is 36.0 Å². The largest absolute Gasteiger partial charge is 0.462 e. The van der Waals surface area contributed by atoms with Crippen LogP contribution in [-0.4, -0.2) is 41.7 Å². The fourth-order valence-electron chi connectivity index (χ4n) is 3.62. The monoisotopic (exact) mass is 434 g/mol. The Balaban J connectivity index is 1.28. The van der Waals surface area contributed by atoms with Gasteiger partial charge in [-0.3, -0.25) is 4.79 Å². The smallest absolute Gasteiger partial charge is 0.338 e. The molecule has 8 nitrogen and oxygen atoms in total. The fourth-order valence-corrected chi connectivity index (χ4v) is 3.62. The van der Waals surface area contributed by atoms with Gasteiger partial charge in [-0.1, -0.05) is 5.16 Å². The first kappa shape index (κ1) is 21.5.